The number of methoxy groups -OCH3 is 2. The van der Waals surface area contributed by atoms with Crippen molar-refractivity contribution in [3.8, 4) is 0 Å². The van der Waals surface area contributed by atoms with Crippen molar-refractivity contribution in [2.75, 3.05) is 28.4 Å². The summed E-state index contributed by atoms with van der Waals surface area (Å²) in [6.07, 6.45) is 8.00. The third-order valence-electron chi connectivity index (χ3n) is 5.83. The Balaban J connectivity index is 3.22. The monoisotopic (exact) mass is 423 g/mol. The van der Waals surface area contributed by atoms with Gasteiger partial charge in [-0.3, -0.25) is 19.2 Å². The second kappa shape index (κ2) is 11.9. The van der Waals surface area contributed by atoms with E-state index in [9.17, 15) is 14.4 Å². The summed E-state index contributed by atoms with van der Waals surface area (Å²) >= 11 is 0. The molecular formula is C23H37NO6. The van der Waals surface area contributed by atoms with Gasteiger partial charge in [0.2, 0.25) is 23.1 Å². The Morgan fingerprint density at radius 3 is 1.90 bits per heavy atom. The van der Waals surface area contributed by atoms with E-state index in [0.29, 0.717) is 6.42 Å². The summed E-state index contributed by atoms with van der Waals surface area (Å²) in [5.74, 6) is -1.60. The van der Waals surface area contributed by atoms with Crippen LogP contribution in [0.4, 0.5) is 0 Å². The zero-order valence-corrected chi connectivity index (χ0v) is 19.6. The highest BCUT2D eigenvalue weighted by Gasteiger charge is 2.48. The molecule has 0 heterocycles. The lowest BCUT2D eigenvalue weighted by Crippen LogP contribution is -2.45. The summed E-state index contributed by atoms with van der Waals surface area (Å²) in [5, 5.41) is 1.11. The number of Topliss-reactive ketones (excluding diaryl/α,β-unsaturated/α-hetero) is 2. The number of hydrogen-bond acceptors (Lipinski definition) is 6. The van der Waals surface area contributed by atoms with Crippen LogP contribution >= 0.6 is 0 Å². The largest absolute Gasteiger partial charge is 0.489 e. The zero-order valence-electron chi connectivity index (χ0n) is 19.6. The first kappa shape index (κ1) is 25.9. The van der Waals surface area contributed by atoms with Crippen LogP contribution in [0.3, 0.4) is 0 Å². The van der Waals surface area contributed by atoms with Gasteiger partial charge < -0.3 is 9.47 Å². The van der Waals surface area contributed by atoms with Gasteiger partial charge in [-0.25, -0.2) is 5.06 Å². The summed E-state index contributed by atoms with van der Waals surface area (Å²) < 4.78 is 10.3. The van der Waals surface area contributed by atoms with Crippen molar-refractivity contribution in [1.29, 1.82) is 0 Å². The smallest absolute Gasteiger partial charge is 0.256 e. The van der Waals surface area contributed by atoms with E-state index in [0.717, 1.165) is 30.7 Å². The highest BCUT2D eigenvalue weighted by Crippen LogP contribution is 2.42. The van der Waals surface area contributed by atoms with Crippen LogP contribution < -0.4 is 0 Å². The summed E-state index contributed by atoms with van der Waals surface area (Å²) in [4.78, 5) is 44.5. The van der Waals surface area contributed by atoms with Gasteiger partial charge in [-0.05, 0) is 20.3 Å². The molecule has 1 unspecified atom stereocenters. The summed E-state index contributed by atoms with van der Waals surface area (Å²) in [5.41, 5.74) is -0.848. The number of unbranched alkanes of at least 4 members (excludes halogenated alkanes) is 6. The molecule has 1 amide bonds. The number of amides is 1. The molecule has 0 spiro atoms. The maximum absolute atomic E-state index is 13.3. The third kappa shape index (κ3) is 5.50. The van der Waals surface area contributed by atoms with Crippen LogP contribution in [0, 0.1) is 5.41 Å². The van der Waals surface area contributed by atoms with Gasteiger partial charge in [-0.2, -0.15) is 0 Å². The molecule has 170 valence electrons. The summed E-state index contributed by atoms with van der Waals surface area (Å²) in [6, 6.07) is 0. The average molecular weight is 424 g/mol. The Morgan fingerprint density at radius 2 is 1.40 bits per heavy atom. The molecule has 0 saturated heterocycles. The molecule has 1 aliphatic carbocycles. The number of ketones is 2. The van der Waals surface area contributed by atoms with E-state index in [1.165, 1.54) is 47.6 Å². The number of carbonyl (C=O) groups excluding carboxylic acids is 3. The second-order valence-electron chi connectivity index (χ2n) is 7.91. The number of carbonyl (C=O) groups is 3. The van der Waals surface area contributed by atoms with E-state index in [1.54, 1.807) is 13.8 Å². The standard InChI is InChI=1S/C23H37NO6/c1-8-9-10-11-12-13-14-15-23(3,22(27)24(4)30-7)17-16(2)18(25)20(28-5)21(29-6)19(17)26/h8-15H2,1-7H3. The van der Waals surface area contributed by atoms with Crippen LogP contribution in [0.25, 0.3) is 0 Å². The molecule has 0 radical (unpaired) electrons. The molecule has 30 heavy (non-hydrogen) atoms. The molecule has 1 atom stereocenters. The van der Waals surface area contributed by atoms with E-state index < -0.39 is 17.0 Å². The number of hydroxylamine groups is 2. The molecule has 0 saturated carbocycles. The Hall–Kier alpha value is -2.15. The molecule has 7 heteroatoms. The molecule has 0 aliphatic heterocycles. The van der Waals surface area contributed by atoms with Crippen LogP contribution in [0.5, 0.6) is 0 Å². The molecule has 0 bridgehead atoms. The predicted molar refractivity (Wildman–Crippen MR) is 114 cm³/mol. The van der Waals surface area contributed by atoms with Crippen molar-refractivity contribution in [2.24, 2.45) is 5.41 Å². The van der Waals surface area contributed by atoms with Gasteiger partial charge in [0.25, 0.3) is 5.91 Å². The minimum atomic E-state index is -1.21. The molecule has 7 nitrogen and oxygen atoms in total. The first-order chi connectivity index (χ1) is 14.2. The molecular weight excluding hydrogens is 386 g/mol. The molecule has 0 N–H and O–H groups in total. The number of allylic oxidation sites excluding steroid dienone is 2. The Labute approximate surface area is 180 Å². The van der Waals surface area contributed by atoms with Crippen molar-refractivity contribution in [3.63, 3.8) is 0 Å². The maximum Gasteiger partial charge on any atom is 0.256 e. The Morgan fingerprint density at radius 1 is 0.900 bits per heavy atom. The first-order valence-corrected chi connectivity index (χ1v) is 10.7. The van der Waals surface area contributed by atoms with Crippen LogP contribution in [-0.4, -0.2) is 50.9 Å². The molecule has 0 fully saturated rings. The van der Waals surface area contributed by atoms with E-state index in [-0.39, 0.29) is 28.6 Å². The fraction of sp³-hybridized carbons (Fsp3) is 0.696. The van der Waals surface area contributed by atoms with Crippen molar-refractivity contribution in [3.05, 3.63) is 22.7 Å². The van der Waals surface area contributed by atoms with Crippen LogP contribution in [0.2, 0.25) is 0 Å². The molecule has 1 rings (SSSR count). The van der Waals surface area contributed by atoms with E-state index in [4.69, 9.17) is 14.3 Å². The number of nitrogens with zero attached hydrogens (tertiary/aromatic N) is 1. The third-order valence-corrected chi connectivity index (χ3v) is 5.83. The topological polar surface area (TPSA) is 82.1 Å². The lowest BCUT2D eigenvalue weighted by molar-refractivity contribution is -0.178. The maximum atomic E-state index is 13.3. The second-order valence-corrected chi connectivity index (χ2v) is 7.91. The van der Waals surface area contributed by atoms with Gasteiger partial charge in [-0.1, -0.05) is 51.9 Å². The Kier molecular flexibility index (Phi) is 10.3. The van der Waals surface area contributed by atoms with Gasteiger partial charge in [0.15, 0.2) is 0 Å². The lowest BCUT2D eigenvalue weighted by atomic mass is 9.70. The summed E-state index contributed by atoms with van der Waals surface area (Å²) in [7, 11) is 5.53. The molecule has 0 aromatic heterocycles. The molecule has 0 aromatic rings. The van der Waals surface area contributed by atoms with Crippen LogP contribution in [-0.2, 0) is 28.7 Å². The fourth-order valence-corrected chi connectivity index (χ4v) is 4.01. The normalized spacial score (nSPS) is 16.6. The van der Waals surface area contributed by atoms with Crippen molar-refractivity contribution >= 4 is 17.5 Å². The average Bonchev–Trinajstić information content (AvgIpc) is 2.74. The van der Waals surface area contributed by atoms with Crippen molar-refractivity contribution in [2.45, 2.75) is 72.1 Å². The zero-order chi connectivity index (χ0) is 22.9. The highest BCUT2D eigenvalue weighted by atomic mass is 16.7. The van der Waals surface area contributed by atoms with Gasteiger partial charge >= 0.3 is 0 Å². The minimum absolute atomic E-state index is 0.130. The molecule has 1 aliphatic rings. The van der Waals surface area contributed by atoms with Crippen molar-refractivity contribution in [1.82, 2.24) is 5.06 Å². The fourth-order valence-electron chi connectivity index (χ4n) is 4.01. The van der Waals surface area contributed by atoms with E-state index in [1.807, 2.05) is 0 Å². The SMILES string of the molecule is CCCCCCCCCC(C)(C(=O)N(C)OC)C1=C(C)C(=O)C(OC)=C(OC)C1=O. The van der Waals surface area contributed by atoms with E-state index in [2.05, 4.69) is 6.92 Å². The van der Waals surface area contributed by atoms with Crippen LogP contribution in [0.15, 0.2) is 22.7 Å². The minimum Gasteiger partial charge on any atom is -0.489 e. The summed E-state index contributed by atoms with van der Waals surface area (Å²) in [6.45, 7) is 5.45. The van der Waals surface area contributed by atoms with Gasteiger partial charge in [0.1, 0.15) is 0 Å². The lowest BCUT2D eigenvalue weighted by Gasteiger charge is -2.36. The number of ether oxygens (including phenoxy) is 2. The quantitative estimate of drug-likeness (QED) is 0.252. The Bertz CT molecular complexity index is 708. The van der Waals surface area contributed by atoms with E-state index >= 15 is 0 Å². The number of hydrogen-bond donors (Lipinski definition) is 0. The molecule has 0 aromatic carbocycles. The van der Waals surface area contributed by atoms with Gasteiger partial charge in [0.05, 0.1) is 26.7 Å². The first-order valence-electron chi connectivity index (χ1n) is 10.7. The predicted octanol–water partition coefficient (Wildman–Crippen LogP) is 4.13. The van der Waals surface area contributed by atoms with Gasteiger partial charge in [0, 0.05) is 18.2 Å². The highest BCUT2D eigenvalue weighted by molar-refractivity contribution is 6.25. The van der Waals surface area contributed by atoms with Gasteiger partial charge in [-0.15, -0.1) is 0 Å². The van der Waals surface area contributed by atoms with Crippen LogP contribution in [0.1, 0.15) is 72.1 Å². The number of rotatable bonds is 13. The van der Waals surface area contributed by atoms with Crippen molar-refractivity contribution < 1.29 is 28.7 Å².